The minimum absolute atomic E-state index is 0.0279. The maximum Gasteiger partial charge on any atom is 0.298 e. The van der Waals surface area contributed by atoms with Crippen molar-refractivity contribution in [1.29, 1.82) is 0 Å². The van der Waals surface area contributed by atoms with E-state index in [4.69, 9.17) is 49.1 Å². The molecule has 12 aromatic rings. The van der Waals surface area contributed by atoms with E-state index in [2.05, 4.69) is 45.2 Å². The lowest BCUT2D eigenvalue weighted by atomic mass is 10.1. The number of hydrogen-bond acceptors (Lipinski definition) is 16. The van der Waals surface area contributed by atoms with Crippen molar-refractivity contribution in [3.05, 3.63) is 230 Å². The van der Waals surface area contributed by atoms with Gasteiger partial charge in [0.1, 0.15) is 40.2 Å². The SMILES string of the molecule is C=CC(=O)N1CC[C@@H](c2nc(-c3ccc(Oc4cccc(OC)c4F)cc3)c3cnccn23)C1.CC#CC(=O)N1CC[C@@H](c2nc(-c3ccc(Oc4cccc(OC)c4F)cc3)c3c(C(N)=O)nccn23)C1.CC#CC(=O)N1CC[C@@H](c2nc(-c3ccc(Oc4cccc(OC)c4F)cc3)c3cnccn23)C1. The van der Waals surface area contributed by atoms with Gasteiger partial charge in [0.05, 0.1) is 61.8 Å². The average Bonchev–Trinajstić information content (AvgIpc) is 1.30. The number of nitrogens with zero attached hydrogens (tertiary/aromatic N) is 12. The molecule has 0 spiro atoms. The molecule has 26 heteroatoms. The van der Waals surface area contributed by atoms with Crippen LogP contribution in [0.4, 0.5) is 13.2 Å². The number of nitrogens with two attached hydrogens (primary N) is 1. The molecule has 15 rings (SSSR count). The normalized spacial score (nSPS) is 15.1. The zero-order valence-corrected chi connectivity index (χ0v) is 58.8. The Labute approximate surface area is 612 Å². The molecule has 107 heavy (non-hydrogen) atoms. The Morgan fingerprint density at radius 3 is 1.22 bits per heavy atom. The van der Waals surface area contributed by atoms with Crippen molar-refractivity contribution in [3.8, 4) is 109 Å². The quantitative estimate of drug-likeness (QED) is 0.0657. The van der Waals surface area contributed by atoms with E-state index in [0.717, 1.165) is 58.0 Å². The van der Waals surface area contributed by atoms with Crippen molar-refractivity contribution < 1.29 is 60.8 Å². The van der Waals surface area contributed by atoms with Gasteiger partial charge in [0.25, 0.3) is 17.7 Å². The molecule has 3 aliphatic rings. The van der Waals surface area contributed by atoms with E-state index in [1.165, 1.54) is 57.9 Å². The summed E-state index contributed by atoms with van der Waals surface area (Å²) in [5.41, 5.74) is 12.5. The fourth-order valence-corrected chi connectivity index (χ4v) is 13.2. The van der Waals surface area contributed by atoms with Crippen molar-refractivity contribution in [2.45, 2.75) is 50.9 Å². The third-order valence-electron chi connectivity index (χ3n) is 18.5. The number of amides is 4. The molecule has 6 aromatic heterocycles. The van der Waals surface area contributed by atoms with Gasteiger partial charge < -0.3 is 48.9 Å². The van der Waals surface area contributed by atoms with E-state index in [1.54, 1.807) is 138 Å². The van der Waals surface area contributed by atoms with E-state index in [-0.39, 0.29) is 75.7 Å². The first-order chi connectivity index (χ1) is 52.1. The summed E-state index contributed by atoms with van der Waals surface area (Å²) in [5, 5.41) is 0. The number of rotatable bonds is 17. The van der Waals surface area contributed by atoms with Crippen LogP contribution in [0.2, 0.25) is 0 Å². The molecule has 0 bridgehead atoms. The first kappa shape index (κ1) is 71.9. The van der Waals surface area contributed by atoms with Crippen LogP contribution in [-0.2, 0) is 14.4 Å². The second-order valence-electron chi connectivity index (χ2n) is 24.9. The number of likely N-dealkylation sites (tertiary alicyclic amines) is 3. The Kier molecular flexibility index (Phi) is 21.5. The molecule has 3 fully saturated rings. The Hall–Kier alpha value is -13.5. The summed E-state index contributed by atoms with van der Waals surface area (Å²) in [4.78, 5) is 81.6. The van der Waals surface area contributed by atoms with Crippen molar-refractivity contribution in [2.24, 2.45) is 5.73 Å². The van der Waals surface area contributed by atoms with Gasteiger partial charge in [-0.15, -0.1) is 0 Å². The summed E-state index contributed by atoms with van der Waals surface area (Å²) < 4.78 is 81.5. The summed E-state index contributed by atoms with van der Waals surface area (Å²) >= 11 is 0. The van der Waals surface area contributed by atoms with E-state index < -0.39 is 23.4 Å². The van der Waals surface area contributed by atoms with Crippen LogP contribution in [0.1, 0.15) is 78.8 Å². The fourth-order valence-electron chi connectivity index (χ4n) is 13.2. The van der Waals surface area contributed by atoms with E-state index >= 15 is 0 Å². The molecule has 23 nitrogen and oxygen atoms in total. The number of carbonyl (C=O) groups excluding carboxylic acids is 4. The smallest absolute Gasteiger partial charge is 0.298 e. The van der Waals surface area contributed by atoms with E-state index in [0.29, 0.717) is 85.5 Å². The highest BCUT2D eigenvalue weighted by molar-refractivity contribution is 6.01. The third kappa shape index (κ3) is 15.2. The van der Waals surface area contributed by atoms with Crippen molar-refractivity contribution in [1.82, 2.24) is 57.8 Å². The van der Waals surface area contributed by atoms with Gasteiger partial charge in [0.2, 0.25) is 23.4 Å². The molecule has 0 unspecified atom stereocenters. The molecule has 3 saturated heterocycles. The standard InChI is InChI=1S/C28H24FN5O4.C27H23FN4O3.C26H23FN4O3/c1-3-5-22(35)33-14-12-18(16-33)28-32-24(26-25(27(30)36)31-13-15-34(26)28)17-8-10-19(11-9-17)38-21-7-4-6-20(37-2)23(21)29;1-3-5-24(33)31-14-12-19(17-31)27-30-26(21-16-29-13-15-32(21)27)18-8-10-20(11-9-18)35-23-7-4-6-22(34-2)25(23)28;1-3-23(32)30-13-11-18(16-30)26-29-25(20-15-28-12-14-31(20)26)17-7-9-19(10-8-17)34-22-6-4-5-21(33-2)24(22)27/h4,6-11,13,15,18H,12,14,16H2,1-2H3,(H2,30,36);4,6-11,13,15-16,19H,12,14,17H2,1-2H3;3-10,12,14-15,18H,1,11,13,16H2,2H3/t18-;19-;18-/m111/s1. The Morgan fingerprint density at radius 1 is 0.486 bits per heavy atom. The van der Waals surface area contributed by atoms with Gasteiger partial charge in [0.15, 0.2) is 40.2 Å². The predicted octanol–water partition coefficient (Wildman–Crippen LogP) is 13.3. The van der Waals surface area contributed by atoms with Crippen LogP contribution in [-0.4, -0.2) is 142 Å². The molecule has 4 amide bonds. The van der Waals surface area contributed by atoms with Crippen molar-refractivity contribution in [3.63, 3.8) is 0 Å². The highest BCUT2D eigenvalue weighted by atomic mass is 19.1. The molecule has 3 aliphatic heterocycles. The number of primary amides is 1. The highest BCUT2D eigenvalue weighted by Gasteiger charge is 2.34. The van der Waals surface area contributed by atoms with Crippen LogP contribution in [0, 0.1) is 41.1 Å². The van der Waals surface area contributed by atoms with Crippen LogP contribution in [0.25, 0.3) is 50.3 Å². The molecular formula is C81H70F3N13O10. The minimum atomic E-state index is -0.682. The third-order valence-corrected chi connectivity index (χ3v) is 18.5. The monoisotopic (exact) mass is 1440 g/mol. The highest BCUT2D eigenvalue weighted by Crippen LogP contribution is 2.40. The van der Waals surface area contributed by atoms with Gasteiger partial charge in [-0.25, -0.2) is 19.9 Å². The van der Waals surface area contributed by atoms with Gasteiger partial charge in [-0.2, -0.15) is 13.2 Å². The van der Waals surface area contributed by atoms with Crippen LogP contribution in [0.5, 0.6) is 51.7 Å². The summed E-state index contributed by atoms with van der Waals surface area (Å²) in [5.74, 6) is 12.2. The number of carbonyl (C=O) groups is 4. The largest absolute Gasteiger partial charge is 0.494 e. The van der Waals surface area contributed by atoms with Crippen molar-refractivity contribution >= 4 is 40.2 Å². The average molecular weight is 1440 g/mol. The molecule has 0 radical (unpaired) electrons. The second-order valence-corrected chi connectivity index (χ2v) is 24.9. The Balaban J connectivity index is 0.000000142. The zero-order valence-electron chi connectivity index (χ0n) is 58.8. The molecule has 9 heterocycles. The van der Waals surface area contributed by atoms with Crippen LogP contribution >= 0.6 is 0 Å². The molecule has 6 aromatic carbocycles. The number of imidazole rings is 3. The molecule has 540 valence electrons. The fraction of sp³-hybridized carbons (Fsp3) is 0.210. The van der Waals surface area contributed by atoms with Gasteiger partial charge in [-0.05, 0) is 160 Å². The number of halogens is 3. The van der Waals surface area contributed by atoms with Gasteiger partial charge in [0, 0.05) is 111 Å². The Bertz CT molecular complexity index is 5490. The molecular weight excluding hydrogens is 1370 g/mol. The second kappa shape index (κ2) is 32.0. The van der Waals surface area contributed by atoms with Crippen LogP contribution in [0.15, 0.2) is 190 Å². The van der Waals surface area contributed by atoms with Gasteiger partial charge >= 0.3 is 0 Å². The number of hydrogen-bond donors (Lipinski definition) is 1. The minimum Gasteiger partial charge on any atom is -0.494 e. The van der Waals surface area contributed by atoms with Crippen molar-refractivity contribution in [2.75, 3.05) is 60.6 Å². The molecule has 0 saturated carbocycles. The van der Waals surface area contributed by atoms with E-state index in [9.17, 15) is 32.3 Å². The number of benzene rings is 6. The molecule has 2 N–H and O–H groups in total. The molecule has 3 atom stereocenters. The Morgan fingerprint density at radius 2 is 0.841 bits per heavy atom. The summed E-state index contributed by atoms with van der Waals surface area (Å²) in [7, 11) is 4.21. The van der Waals surface area contributed by atoms with Crippen LogP contribution < -0.4 is 34.2 Å². The summed E-state index contributed by atoms with van der Waals surface area (Å²) in [6.45, 7) is 10.4. The molecule has 0 aliphatic carbocycles. The lowest BCUT2D eigenvalue weighted by molar-refractivity contribution is -0.125. The maximum atomic E-state index is 14.5. The lowest BCUT2D eigenvalue weighted by Gasteiger charge is -2.13. The van der Waals surface area contributed by atoms with Gasteiger partial charge in [-0.3, -0.25) is 42.3 Å². The number of methoxy groups -OCH3 is 3. The zero-order chi connectivity index (χ0) is 74.8. The van der Waals surface area contributed by atoms with Crippen LogP contribution in [0.3, 0.4) is 0 Å². The summed E-state index contributed by atoms with van der Waals surface area (Å²) in [6, 6.07) is 35.7. The van der Waals surface area contributed by atoms with E-state index in [1.807, 2.05) is 49.9 Å². The summed E-state index contributed by atoms with van der Waals surface area (Å²) in [6.07, 6.45) is 17.7. The topological polar surface area (TPSA) is 250 Å². The first-order valence-corrected chi connectivity index (χ1v) is 34.1. The predicted molar refractivity (Wildman–Crippen MR) is 392 cm³/mol. The van der Waals surface area contributed by atoms with Gasteiger partial charge in [-0.1, -0.05) is 36.6 Å². The number of fused-ring (bicyclic) bond motifs is 3. The number of aromatic nitrogens is 9. The first-order valence-electron chi connectivity index (χ1n) is 34.1. The lowest BCUT2D eigenvalue weighted by Crippen LogP contribution is -2.27. The maximum absolute atomic E-state index is 14.5. The number of ether oxygens (including phenoxy) is 6.